The molecule has 28 heavy (non-hydrogen) atoms. The van der Waals surface area contributed by atoms with Gasteiger partial charge in [-0.15, -0.1) is 0 Å². The van der Waals surface area contributed by atoms with Crippen molar-refractivity contribution in [1.82, 2.24) is 0 Å². The molecule has 0 aromatic heterocycles. The van der Waals surface area contributed by atoms with Gasteiger partial charge in [0, 0.05) is 24.0 Å². The van der Waals surface area contributed by atoms with Crippen molar-refractivity contribution in [1.29, 1.82) is 0 Å². The monoisotopic (exact) mass is 384 g/mol. The molecule has 2 aromatic carbocycles. The number of anilines is 2. The van der Waals surface area contributed by atoms with Gasteiger partial charge in [-0.1, -0.05) is 32.0 Å². The van der Waals surface area contributed by atoms with Crippen molar-refractivity contribution in [2.75, 3.05) is 16.8 Å². The first-order valence-electron chi connectivity index (χ1n) is 9.58. The van der Waals surface area contributed by atoms with Crippen LogP contribution >= 0.6 is 0 Å². The fourth-order valence-electron chi connectivity index (χ4n) is 2.62. The molecule has 0 aliphatic rings. The molecule has 0 saturated carbocycles. The van der Waals surface area contributed by atoms with E-state index >= 15 is 0 Å². The second kappa shape index (κ2) is 10.3. The van der Waals surface area contributed by atoms with Gasteiger partial charge in [-0.25, -0.2) is 9.59 Å². The van der Waals surface area contributed by atoms with Gasteiger partial charge >= 0.3 is 12.2 Å². The van der Waals surface area contributed by atoms with Gasteiger partial charge in [-0.05, 0) is 56.5 Å². The molecule has 150 valence electrons. The van der Waals surface area contributed by atoms with E-state index in [1.807, 2.05) is 31.2 Å². The molecule has 6 heteroatoms. The topological polar surface area (TPSA) is 67.9 Å². The van der Waals surface area contributed by atoms with E-state index in [0.717, 1.165) is 18.5 Å². The zero-order valence-electron chi connectivity index (χ0n) is 16.9. The Kier molecular flexibility index (Phi) is 7.87. The Morgan fingerprint density at radius 1 is 1.07 bits per heavy atom. The summed E-state index contributed by atoms with van der Waals surface area (Å²) in [7, 11) is 0. The summed E-state index contributed by atoms with van der Waals surface area (Å²) < 4.78 is 10.6. The summed E-state index contributed by atoms with van der Waals surface area (Å²) in [4.78, 5) is 26.1. The lowest BCUT2D eigenvalue weighted by atomic mass is 10.1. The minimum atomic E-state index is -0.554. The zero-order chi connectivity index (χ0) is 20.5. The third-order valence-electron chi connectivity index (χ3n) is 3.95. The average molecular weight is 384 g/mol. The molecule has 0 atom stereocenters. The molecule has 0 heterocycles. The van der Waals surface area contributed by atoms with Crippen molar-refractivity contribution in [2.24, 2.45) is 0 Å². The summed E-state index contributed by atoms with van der Waals surface area (Å²) in [5, 5.41) is 2.62. The first-order valence-corrected chi connectivity index (χ1v) is 9.58. The number of hydrogen-bond donors (Lipinski definition) is 1. The maximum Gasteiger partial charge on any atom is 0.419 e. The van der Waals surface area contributed by atoms with Gasteiger partial charge in [0.25, 0.3) is 0 Å². The van der Waals surface area contributed by atoms with Gasteiger partial charge in [-0.2, -0.15) is 0 Å². The number of amides is 2. The van der Waals surface area contributed by atoms with Crippen LogP contribution in [0.25, 0.3) is 0 Å². The largest absolute Gasteiger partial charge is 0.447 e. The normalized spacial score (nSPS) is 10.5. The van der Waals surface area contributed by atoms with E-state index in [1.54, 1.807) is 43.0 Å². The number of benzene rings is 2. The first kappa shape index (κ1) is 21.3. The third-order valence-corrected chi connectivity index (χ3v) is 3.95. The van der Waals surface area contributed by atoms with Crippen molar-refractivity contribution in [3.05, 3.63) is 54.1 Å². The molecule has 2 amide bonds. The summed E-state index contributed by atoms with van der Waals surface area (Å²) in [5.41, 5.74) is 2.49. The number of nitrogens with zero attached hydrogens (tertiary/aromatic N) is 1. The Balaban J connectivity index is 2.10. The van der Waals surface area contributed by atoms with Crippen LogP contribution in [0.4, 0.5) is 21.0 Å². The molecule has 0 bridgehead atoms. The van der Waals surface area contributed by atoms with Crippen molar-refractivity contribution in [2.45, 2.75) is 46.6 Å². The van der Waals surface area contributed by atoms with Crippen LogP contribution in [-0.2, 0) is 11.2 Å². The Bertz CT molecular complexity index is 787. The fourth-order valence-corrected chi connectivity index (χ4v) is 2.62. The number of carbonyl (C=O) groups excluding carboxylic acids is 2. The predicted octanol–water partition coefficient (Wildman–Crippen LogP) is 5.62. The molecule has 0 radical (unpaired) electrons. The van der Waals surface area contributed by atoms with Crippen LogP contribution in [0.2, 0.25) is 0 Å². The average Bonchev–Trinajstić information content (AvgIpc) is 2.65. The highest BCUT2D eigenvalue weighted by molar-refractivity contribution is 5.89. The van der Waals surface area contributed by atoms with Gasteiger partial charge in [0.1, 0.15) is 5.75 Å². The summed E-state index contributed by atoms with van der Waals surface area (Å²) in [5.74, 6) is 0.346. The van der Waals surface area contributed by atoms with E-state index in [9.17, 15) is 9.59 Å². The number of carbonyl (C=O) groups is 2. The van der Waals surface area contributed by atoms with Crippen molar-refractivity contribution in [3.63, 3.8) is 0 Å². The third kappa shape index (κ3) is 6.30. The van der Waals surface area contributed by atoms with Crippen molar-refractivity contribution < 1.29 is 19.1 Å². The Morgan fingerprint density at radius 3 is 2.39 bits per heavy atom. The van der Waals surface area contributed by atoms with E-state index in [1.165, 1.54) is 5.56 Å². The van der Waals surface area contributed by atoms with Crippen LogP contribution < -0.4 is 15.0 Å². The fraction of sp³-hybridized carbons (Fsp3) is 0.364. The quantitative estimate of drug-likeness (QED) is 0.672. The Morgan fingerprint density at radius 2 is 1.79 bits per heavy atom. The molecule has 2 rings (SSSR count). The molecule has 6 nitrogen and oxygen atoms in total. The van der Waals surface area contributed by atoms with Gasteiger partial charge in [0.2, 0.25) is 0 Å². The van der Waals surface area contributed by atoms with Gasteiger partial charge < -0.3 is 9.47 Å². The molecule has 0 fully saturated rings. The van der Waals surface area contributed by atoms with Crippen LogP contribution in [0.5, 0.6) is 5.75 Å². The van der Waals surface area contributed by atoms with E-state index < -0.39 is 12.2 Å². The first-order chi connectivity index (χ1) is 13.4. The maximum absolute atomic E-state index is 12.7. The molecule has 0 aliphatic carbocycles. The lowest BCUT2D eigenvalue weighted by Crippen LogP contribution is -2.34. The van der Waals surface area contributed by atoms with Crippen LogP contribution in [0.1, 0.15) is 39.7 Å². The number of nitrogens with one attached hydrogen (secondary N) is 1. The summed E-state index contributed by atoms with van der Waals surface area (Å²) in [6.45, 7) is 8.18. The van der Waals surface area contributed by atoms with Crippen molar-refractivity contribution >= 4 is 23.6 Å². The van der Waals surface area contributed by atoms with Crippen molar-refractivity contribution in [3.8, 4) is 5.75 Å². The molecular formula is C22H28N2O4. The molecule has 0 spiro atoms. The minimum absolute atomic E-state index is 0.220. The number of rotatable bonds is 7. The standard InChI is InChI=1S/C22H28N2O4/c1-5-14-24(19-12-10-17(6-2)11-13-19)22(26)28-20-9-7-8-18(15-20)23-21(25)27-16(3)4/h7-13,15-16H,5-6,14H2,1-4H3,(H,23,25). The SMILES string of the molecule is CCCN(C(=O)Oc1cccc(NC(=O)OC(C)C)c1)c1ccc(CC)cc1. The zero-order valence-corrected chi connectivity index (χ0v) is 16.9. The number of aryl methyl sites for hydroxylation is 1. The maximum atomic E-state index is 12.7. The summed E-state index contributed by atoms with van der Waals surface area (Å²) in [6.07, 6.45) is 0.503. The highest BCUT2D eigenvalue weighted by atomic mass is 16.6. The van der Waals surface area contributed by atoms with E-state index in [4.69, 9.17) is 9.47 Å². The lowest BCUT2D eigenvalue weighted by molar-refractivity contribution is 0.130. The van der Waals surface area contributed by atoms with Crippen LogP contribution in [0, 0.1) is 0 Å². The van der Waals surface area contributed by atoms with Gasteiger partial charge in [0.15, 0.2) is 0 Å². The molecule has 1 N–H and O–H groups in total. The molecule has 0 saturated heterocycles. The lowest BCUT2D eigenvalue weighted by Gasteiger charge is -2.22. The number of ether oxygens (including phenoxy) is 2. The van der Waals surface area contributed by atoms with Crippen LogP contribution in [0.3, 0.4) is 0 Å². The van der Waals surface area contributed by atoms with Gasteiger partial charge in [-0.3, -0.25) is 10.2 Å². The summed E-state index contributed by atoms with van der Waals surface area (Å²) >= 11 is 0. The second-order valence-corrected chi connectivity index (χ2v) is 6.65. The summed E-state index contributed by atoms with van der Waals surface area (Å²) in [6, 6.07) is 14.5. The van der Waals surface area contributed by atoms with E-state index in [-0.39, 0.29) is 6.10 Å². The number of hydrogen-bond acceptors (Lipinski definition) is 4. The smallest absolute Gasteiger partial charge is 0.419 e. The van der Waals surface area contributed by atoms with Gasteiger partial charge in [0.05, 0.1) is 6.10 Å². The Hall–Kier alpha value is -3.02. The minimum Gasteiger partial charge on any atom is -0.447 e. The highest BCUT2D eigenvalue weighted by Gasteiger charge is 2.17. The van der Waals surface area contributed by atoms with E-state index in [2.05, 4.69) is 12.2 Å². The second-order valence-electron chi connectivity index (χ2n) is 6.65. The van der Waals surface area contributed by atoms with Crippen LogP contribution in [-0.4, -0.2) is 24.8 Å². The molecule has 2 aromatic rings. The predicted molar refractivity (Wildman–Crippen MR) is 111 cm³/mol. The Labute approximate surface area is 166 Å². The molecular weight excluding hydrogens is 356 g/mol. The highest BCUT2D eigenvalue weighted by Crippen LogP contribution is 2.21. The van der Waals surface area contributed by atoms with Crippen LogP contribution in [0.15, 0.2) is 48.5 Å². The molecule has 0 unspecified atom stereocenters. The van der Waals surface area contributed by atoms with E-state index in [0.29, 0.717) is 18.0 Å². The molecule has 0 aliphatic heterocycles.